The van der Waals surface area contributed by atoms with Crippen molar-refractivity contribution in [2.45, 2.75) is 110 Å². The standard InChI is InChI=1S/C22H47N3/c1-2-3-4-5-6-7-8-9-10-11-12-13-14-15-16-17-19-24-21-22-25-20-18-23/h19,25H,2-18,20-23H2,1H3. The highest BCUT2D eigenvalue weighted by Gasteiger charge is 1.94. The number of unbranched alkanes of at least 4 members (excludes halogenated alkanes) is 15. The second kappa shape index (κ2) is 23.6. The van der Waals surface area contributed by atoms with E-state index in [0.717, 1.165) is 26.1 Å². The van der Waals surface area contributed by atoms with E-state index >= 15 is 0 Å². The zero-order valence-corrected chi connectivity index (χ0v) is 17.2. The smallest absolute Gasteiger partial charge is 0.0510 e. The van der Waals surface area contributed by atoms with Gasteiger partial charge in [0.1, 0.15) is 0 Å². The predicted molar refractivity (Wildman–Crippen MR) is 115 cm³/mol. The molecule has 0 bridgehead atoms. The fraction of sp³-hybridized carbons (Fsp3) is 0.955. The molecule has 0 aromatic heterocycles. The van der Waals surface area contributed by atoms with Gasteiger partial charge < -0.3 is 11.1 Å². The van der Waals surface area contributed by atoms with Gasteiger partial charge in [-0.2, -0.15) is 0 Å². The Labute approximate surface area is 158 Å². The van der Waals surface area contributed by atoms with Crippen LogP contribution in [0.2, 0.25) is 0 Å². The zero-order valence-electron chi connectivity index (χ0n) is 17.2. The molecule has 0 radical (unpaired) electrons. The summed E-state index contributed by atoms with van der Waals surface area (Å²) >= 11 is 0. The van der Waals surface area contributed by atoms with E-state index < -0.39 is 0 Å². The Kier molecular flexibility index (Phi) is 23.2. The number of aliphatic imine (C=N–C) groups is 1. The first-order chi connectivity index (χ1) is 12.4. The molecule has 0 saturated heterocycles. The second-order valence-electron chi connectivity index (χ2n) is 7.37. The summed E-state index contributed by atoms with van der Waals surface area (Å²) in [7, 11) is 0. The van der Waals surface area contributed by atoms with E-state index in [1.165, 1.54) is 96.3 Å². The van der Waals surface area contributed by atoms with Gasteiger partial charge in [0.15, 0.2) is 0 Å². The average molecular weight is 354 g/mol. The van der Waals surface area contributed by atoms with Gasteiger partial charge in [0.25, 0.3) is 0 Å². The number of hydrogen-bond donors (Lipinski definition) is 2. The largest absolute Gasteiger partial charge is 0.329 e. The maximum atomic E-state index is 5.41. The minimum Gasteiger partial charge on any atom is -0.329 e. The van der Waals surface area contributed by atoms with Gasteiger partial charge in [0, 0.05) is 19.6 Å². The molecule has 3 N–H and O–H groups in total. The molecule has 3 nitrogen and oxygen atoms in total. The van der Waals surface area contributed by atoms with Crippen LogP contribution in [-0.2, 0) is 0 Å². The van der Waals surface area contributed by atoms with E-state index in [4.69, 9.17) is 5.73 Å². The normalized spacial score (nSPS) is 11.6. The molecule has 0 atom stereocenters. The van der Waals surface area contributed by atoms with E-state index in [2.05, 4.69) is 23.4 Å². The summed E-state index contributed by atoms with van der Waals surface area (Å²) in [6.07, 6.45) is 24.7. The summed E-state index contributed by atoms with van der Waals surface area (Å²) in [6.45, 7) is 5.74. The molecule has 25 heavy (non-hydrogen) atoms. The van der Waals surface area contributed by atoms with Crippen molar-refractivity contribution in [3.05, 3.63) is 0 Å². The Bertz CT molecular complexity index is 254. The van der Waals surface area contributed by atoms with Crippen LogP contribution >= 0.6 is 0 Å². The van der Waals surface area contributed by atoms with E-state index in [0.29, 0.717) is 6.54 Å². The molecule has 0 aliphatic rings. The van der Waals surface area contributed by atoms with Crippen LogP contribution in [0, 0.1) is 0 Å². The maximum Gasteiger partial charge on any atom is 0.0510 e. The van der Waals surface area contributed by atoms with Crippen molar-refractivity contribution in [3.8, 4) is 0 Å². The van der Waals surface area contributed by atoms with E-state index in [1.807, 2.05) is 0 Å². The molecular formula is C22H47N3. The predicted octanol–water partition coefficient (Wildman–Crippen LogP) is 5.87. The number of rotatable bonds is 21. The molecule has 3 heteroatoms. The summed E-state index contributed by atoms with van der Waals surface area (Å²) in [5.74, 6) is 0. The van der Waals surface area contributed by atoms with Gasteiger partial charge in [-0.1, -0.05) is 96.8 Å². The molecule has 0 heterocycles. The Balaban J connectivity index is 3.01. The van der Waals surface area contributed by atoms with E-state index in [1.54, 1.807) is 0 Å². The highest BCUT2D eigenvalue weighted by molar-refractivity contribution is 5.56. The lowest BCUT2D eigenvalue weighted by Crippen LogP contribution is -2.24. The van der Waals surface area contributed by atoms with Crippen LogP contribution in [0.25, 0.3) is 0 Å². The van der Waals surface area contributed by atoms with Crippen molar-refractivity contribution < 1.29 is 0 Å². The van der Waals surface area contributed by atoms with Crippen LogP contribution in [0.15, 0.2) is 4.99 Å². The van der Waals surface area contributed by atoms with Crippen LogP contribution in [0.4, 0.5) is 0 Å². The first-order valence-electron chi connectivity index (χ1n) is 11.3. The molecule has 0 spiro atoms. The number of nitrogens with zero attached hydrogens (tertiary/aromatic N) is 1. The molecule has 0 rings (SSSR count). The van der Waals surface area contributed by atoms with Gasteiger partial charge in [-0.25, -0.2) is 0 Å². The lowest BCUT2D eigenvalue weighted by molar-refractivity contribution is 0.533. The van der Waals surface area contributed by atoms with Crippen LogP contribution in [0.1, 0.15) is 110 Å². The van der Waals surface area contributed by atoms with Crippen molar-refractivity contribution in [3.63, 3.8) is 0 Å². The molecule has 0 amide bonds. The zero-order chi connectivity index (χ0) is 18.3. The van der Waals surface area contributed by atoms with Crippen molar-refractivity contribution in [1.82, 2.24) is 5.32 Å². The van der Waals surface area contributed by atoms with Gasteiger partial charge >= 0.3 is 0 Å². The Morgan fingerprint density at radius 3 is 1.64 bits per heavy atom. The van der Waals surface area contributed by atoms with E-state index in [-0.39, 0.29) is 0 Å². The third-order valence-electron chi connectivity index (χ3n) is 4.80. The molecule has 0 saturated carbocycles. The lowest BCUT2D eigenvalue weighted by Gasteiger charge is -2.03. The van der Waals surface area contributed by atoms with Crippen molar-refractivity contribution in [2.75, 3.05) is 26.2 Å². The molecule has 0 unspecified atom stereocenters. The van der Waals surface area contributed by atoms with Gasteiger partial charge in [-0.15, -0.1) is 0 Å². The summed E-state index contributed by atoms with van der Waals surface area (Å²) in [4.78, 5) is 4.42. The quantitative estimate of drug-likeness (QED) is 0.200. The molecule has 150 valence electrons. The van der Waals surface area contributed by atoms with Crippen LogP contribution in [0.3, 0.4) is 0 Å². The van der Waals surface area contributed by atoms with Gasteiger partial charge in [-0.05, 0) is 19.1 Å². The fourth-order valence-corrected chi connectivity index (χ4v) is 3.16. The first-order valence-corrected chi connectivity index (χ1v) is 11.3. The third kappa shape index (κ3) is 23.6. The highest BCUT2D eigenvalue weighted by Crippen LogP contribution is 2.13. The molecule has 0 aromatic rings. The Hall–Kier alpha value is -0.410. The summed E-state index contributed by atoms with van der Waals surface area (Å²) in [6, 6.07) is 0. The number of hydrogen-bond acceptors (Lipinski definition) is 3. The van der Waals surface area contributed by atoms with E-state index in [9.17, 15) is 0 Å². The SMILES string of the molecule is CCCCCCCCCCCCCCCCCC=NCCNCCN. The fourth-order valence-electron chi connectivity index (χ4n) is 3.16. The Morgan fingerprint density at radius 2 is 1.16 bits per heavy atom. The number of nitrogens with two attached hydrogens (primary N) is 1. The van der Waals surface area contributed by atoms with Gasteiger partial charge in [0.05, 0.1) is 6.54 Å². The van der Waals surface area contributed by atoms with Crippen LogP contribution in [0.5, 0.6) is 0 Å². The maximum absolute atomic E-state index is 5.41. The Morgan fingerprint density at radius 1 is 0.680 bits per heavy atom. The van der Waals surface area contributed by atoms with Crippen LogP contribution in [-0.4, -0.2) is 32.4 Å². The topological polar surface area (TPSA) is 50.4 Å². The summed E-state index contributed by atoms with van der Waals surface area (Å²) in [5, 5.41) is 3.25. The summed E-state index contributed by atoms with van der Waals surface area (Å²) < 4.78 is 0. The number of nitrogens with one attached hydrogen (secondary N) is 1. The van der Waals surface area contributed by atoms with Crippen molar-refractivity contribution >= 4 is 6.21 Å². The second-order valence-corrected chi connectivity index (χ2v) is 7.37. The van der Waals surface area contributed by atoms with Gasteiger partial charge in [0.2, 0.25) is 0 Å². The minimum absolute atomic E-state index is 0.711. The van der Waals surface area contributed by atoms with Crippen LogP contribution < -0.4 is 11.1 Å². The molecular weight excluding hydrogens is 306 g/mol. The molecule has 0 aliphatic carbocycles. The molecule has 0 aliphatic heterocycles. The monoisotopic (exact) mass is 353 g/mol. The third-order valence-corrected chi connectivity index (χ3v) is 4.80. The van der Waals surface area contributed by atoms with Crippen molar-refractivity contribution in [1.29, 1.82) is 0 Å². The summed E-state index contributed by atoms with van der Waals surface area (Å²) in [5.41, 5.74) is 5.41. The lowest BCUT2D eigenvalue weighted by atomic mass is 10.0. The molecule has 0 aromatic carbocycles. The average Bonchev–Trinajstić information content (AvgIpc) is 2.63. The molecule has 0 fully saturated rings. The first kappa shape index (κ1) is 24.6. The highest BCUT2D eigenvalue weighted by atomic mass is 14.9. The minimum atomic E-state index is 0.711. The van der Waals surface area contributed by atoms with Crippen molar-refractivity contribution in [2.24, 2.45) is 10.7 Å². The van der Waals surface area contributed by atoms with Gasteiger partial charge in [-0.3, -0.25) is 4.99 Å².